The van der Waals surface area contributed by atoms with Gasteiger partial charge in [-0.3, -0.25) is 14.9 Å². The molecule has 0 radical (unpaired) electrons. The third-order valence-electron chi connectivity index (χ3n) is 4.84. The number of thiazole rings is 1. The van der Waals surface area contributed by atoms with Crippen molar-refractivity contribution < 1.29 is 9.72 Å². The number of nitro groups is 1. The number of aromatic nitrogens is 1. The summed E-state index contributed by atoms with van der Waals surface area (Å²) in [7, 11) is 0. The van der Waals surface area contributed by atoms with Gasteiger partial charge in [0.15, 0.2) is 0 Å². The van der Waals surface area contributed by atoms with E-state index in [1.165, 1.54) is 28.6 Å². The van der Waals surface area contributed by atoms with E-state index in [0.29, 0.717) is 18.2 Å². The number of thioether (sulfide) groups is 1. The van der Waals surface area contributed by atoms with Gasteiger partial charge in [-0.2, -0.15) is 0 Å². The molecule has 2 heterocycles. The summed E-state index contributed by atoms with van der Waals surface area (Å²) in [4.78, 5) is 30.5. The van der Waals surface area contributed by atoms with Crippen LogP contribution < -0.4 is 0 Å². The van der Waals surface area contributed by atoms with Gasteiger partial charge in [0.2, 0.25) is 5.91 Å². The minimum Gasteiger partial charge on any atom is -0.341 e. The maximum atomic E-state index is 12.7. The van der Waals surface area contributed by atoms with Gasteiger partial charge < -0.3 is 4.90 Å². The maximum Gasteiger partial charge on any atom is 0.269 e. The molecule has 1 aliphatic heterocycles. The van der Waals surface area contributed by atoms with Crippen molar-refractivity contribution in [1.82, 2.24) is 9.88 Å². The highest BCUT2D eigenvalue weighted by Crippen LogP contribution is 2.33. The number of likely N-dealkylation sites (tertiary alicyclic amines) is 1. The summed E-state index contributed by atoms with van der Waals surface area (Å²) in [5.74, 6) is 0.735. The third kappa shape index (κ3) is 4.18. The van der Waals surface area contributed by atoms with Gasteiger partial charge in [-0.15, -0.1) is 23.1 Å². The number of carbonyl (C=O) groups is 1. The monoisotopic (exact) mass is 413 g/mol. The fourth-order valence-electron chi connectivity index (χ4n) is 3.37. The van der Waals surface area contributed by atoms with Crippen molar-refractivity contribution in [3.63, 3.8) is 0 Å². The van der Waals surface area contributed by atoms with Crippen LogP contribution in [0.5, 0.6) is 0 Å². The first-order valence-electron chi connectivity index (χ1n) is 9.10. The fourth-order valence-corrected chi connectivity index (χ4v) is 5.26. The summed E-state index contributed by atoms with van der Waals surface area (Å²) in [5.41, 5.74) is 1.09. The highest BCUT2D eigenvalue weighted by Gasteiger charge is 2.26. The zero-order valence-electron chi connectivity index (χ0n) is 15.1. The van der Waals surface area contributed by atoms with Gasteiger partial charge in [0.25, 0.3) is 5.69 Å². The average Bonchev–Trinajstić information content (AvgIpc) is 3.17. The standard InChI is InChI=1S/C20H19N3O3S2/c24-19(13-27-16-9-7-15(8-10-16)23(25)26)22-11-3-4-14(12-22)20-21-17-5-1-2-6-18(17)28-20/h1-2,5-10,14H,3-4,11-13H2/t14-/m0/s1. The van der Waals surface area contributed by atoms with Crippen LogP contribution in [0.3, 0.4) is 0 Å². The Hall–Kier alpha value is -2.45. The Morgan fingerprint density at radius 2 is 2.04 bits per heavy atom. The number of rotatable bonds is 5. The minimum atomic E-state index is -0.421. The second kappa shape index (κ2) is 8.28. The second-order valence-corrected chi connectivity index (χ2v) is 8.85. The molecule has 1 amide bonds. The molecule has 4 rings (SSSR count). The molecule has 1 aliphatic rings. The van der Waals surface area contributed by atoms with E-state index in [1.54, 1.807) is 23.5 Å². The molecule has 1 saturated heterocycles. The average molecular weight is 414 g/mol. The van der Waals surface area contributed by atoms with Crippen LogP contribution in [-0.4, -0.2) is 39.6 Å². The molecule has 144 valence electrons. The van der Waals surface area contributed by atoms with Gasteiger partial charge in [-0.1, -0.05) is 12.1 Å². The van der Waals surface area contributed by atoms with Gasteiger partial charge in [-0.25, -0.2) is 4.98 Å². The number of nitrogens with zero attached hydrogens (tertiary/aromatic N) is 3. The molecule has 8 heteroatoms. The maximum absolute atomic E-state index is 12.7. The summed E-state index contributed by atoms with van der Waals surface area (Å²) in [5, 5.41) is 11.8. The first-order chi connectivity index (χ1) is 13.6. The van der Waals surface area contributed by atoms with Crippen LogP contribution in [-0.2, 0) is 4.79 Å². The number of para-hydroxylation sites is 1. The van der Waals surface area contributed by atoms with Gasteiger partial charge in [-0.05, 0) is 37.1 Å². The lowest BCUT2D eigenvalue weighted by molar-refractivity contribution is -0.384. The molecule has 0 N–H and O–H groups in total. The first-order valence-corrected chi connectivity index (χ1v) is 10.9. The Kier molecular flexibility index (Phi) is 5.59. The van der Waals surface area contributed by atoms with Crippen molar-refractivity contribution in [3.8, 4) is 0 Å². The number of carbonyl (C=O) groups excluding carboxylic acids is 1. The molecule has 1 atom stereocenters. The molecule has 3 aromatic rings. The molecule has 6 nitrogen and oxygen atoms in total. The predicted molar refractivity (Wildman–Crippen MR) is 112 cm³/mol. The molecular weight excluding hydrogens is 394 g/mol. The summed E-state index contributed by atoms with van der Waals surface area (Å²) in [6.45, 7) is 1.49. The van der Waals surface area contributed by atoms with E-state index in [0.717, 1.165) is 34.8 Å². The number of benzene rings is 2. The molecule has 0 aliphatic carbocycles. The summed E-state index contributed by atoms with van der Waals surface area (Å²) in [6, 6.07) is 14.5. The first kappa shape index (κ1) is 18.9. The van der Waals surface area contributed by atoms with Crippen LogP contribution in [0.4, 0.5) is 5.69 Å². The quantitative estimate of drug-likeness (QED) is 0.344. The number of non-ortho nitro benzene ring substituents is 1. The highest BCUT2D eigenvalue weighted by atomic mass is 32.2. The van der Waals surface area contributed by atoms with Crippen molar-refractivity contribution in [2.45, 2.75) is 23.7 Å². The van der Waals surface area contributed by atoms with Crippen LogP contribution >= 0.6 is 23.1 Å². The van der Waals surface area contributed by atoms with Gasteiger partial charge in [0.1, 0.15) is 0 Å². The third-order valence-corrected chi connectivity index (χ3v) is 7.04. The summed E-state index contributed by atoms with van der Waals surface area (Å²) < 4.78 is 1.19. The number of piperidine rings is 1. The number of hydrogen-bond acceptors (Lipinski definition) is 6. The van der Waals surface area contributed by atoms with E-state index < -0.39 is 4.92 Å². The Bertz CT molecular complexity index is 970. The second-order valence-electron chi connectivity index (χ2n) is 6.74. The summed E-state index contributed by atoms with van der Waals surface area (Å²) >= 11 is 3.14. The Balaban J connectivity index is 1.37. The van der Waals surface area contributed by atoms with E-state index in [9.17, 15) is 14.9 Å². The number of amides is 1. The number of hydrogen-bond donors (Lipinski definition) is 0. The molecule has 28 heavy (non-hydrogen) atoms. The zero-order valence-corrected chi connectivity index (χ0v) is 16.7. The summed E-state index contributed by atoms with van der Waals surface area (Å²) in [6.07, 6.45) is 2.04. The lowest BCUT2D eigenvalue weighted by Gasteiger charge is -2.31. The van der Waals surface area contributed by atoms with Crippen LogP contribution in [0, 0.1) is 10.1 Å². The lowest BCUT2D eigenvalue weighted by Crippen LogP contribution is -2.40. The highest BCUT2D eigenvalue weighted by molar-refractivity contribution is 8.00. The van der Waals surface area contributed by atoms with Crippen molar-refractivity contribution in [3.05, 3.63) is 63.7 Å². The Labute approximate surface area is 170 Å². The van der Waals surface area contributed by atoms with Crippen molar-refractivity contribution >= 4 is 44.9 Å². The topological polar surface area (TPSA) is 76.3 Å². The van der Waals surface area contributed by atoms with E-state index in [-0.39, 0.29) is 11.6 Å². The Morgan fingerprint density at radius 3 is 2.79 bits per heavy atom. The van der Waals surface area contributed by atoms with E-state index in [4.69, 9.17) is 4.98 Å². The normalized spacial score (nSPS) is 17.0. The van der Waals surface area contributed by atoms with Gasteiger partial charge >= 0.3 is 0 Å². The molecule has 1 fully saturated rings. The van der Waals surface area contributed by atoms with Crippen molar-refractivity contribution in [2.75, 3.05) is 18.8 Å². The minimum absolute atomic E-state index is 0.0605. The predicted octanol–water partition coefficient (Wildman–Crippen LogP) is 4.70. The number of fused-ring (bicyclic) bond motifs is 1. The zero-order chi connectivity index (χ0) is 19.5. The van der Waals surface area contributed by atoms with Crippen LogP contribution in [0.15, 0.2) is 53.4 Å². The molecule has 1 aromatic heterocycles. The Morgan fingerprint density at radius 1 is 1.25 bits per heavy atom. The molecule has 0 spiro atoms. The van der Waals surface area contributed by atoms with Gasteiger partial charge in [0.05, 0.1) is 25.9 Å². The van der Waals surface area contributed by atoms with E-state index in [1.807, 2.05) is 23.1 Å². The van der Waals surface area contributed by atoms with Gasteiger partial charge in [0, 0.05) is 36.0 Å². The molecule has 2 aromatic carbocycles. The van der Waals surface area contributed by atoms with Crippen molar-refractivity contribution in [2.24, 2.45) is 0 Å². The van der Waals surface area contributed by atoms with Crippen LogP contribution in [0.25, 0.3) is 10.2 Å². The lowest BCUT2D eigenvalue weighted by atomic mass is 9.99. The van der Waals surface area contributed by atoms with Crippen LogP contribution in [0.1, 0.15) is 23.8 Å². The smallest absolute Gasteiger partial charge is 0.269 e. The van der Waals surface area contributed by atoms with Crippen LogP contribution in [0.2, 0.25) is 0 Å². The molecule has 0 bridgehead atoms. The SMILES string of the molecule is O=C(CSc1ccc([N+](=O)[O-])cc1)N1CCC[C@H](c2nc3ccccc3s2)C1. The molecule has 0 unspecified atom stereocenters. The molecule has 0 saturated carbocycles. The molecular formula is C20H19N3O3S2. The number of nitro benzene ring substituents is 1. The fraction of sp³-hybridized carbons (Fsp3) is 0.300. The van der Waals surface area contributed by atoms with E-state index >= 15 is 0 Å². The largest absolute Gasteiger partial charge is 0.341 e. The van der Waals surface area contributed by atoms with Crippen molar-refractivity contribution in [1.29, 1.82) is 0 Å². The van der Waals surface area contributed by atoms with E-state index in [2.05, 4.69) is 6.07 Å².